The Labute approximate surface area is 157 Å². The van der Waals surface area contributed by atoms with Crippen LogP contribution in [0.15, 0.2) is 66.3 Å². The Balaban J connectivity index is 2.34. The SMILES string of the molecule is C=C(/C(=C(/c1ccc(F)cc1)c1ccccc1C)C(C)(C)CC)C1CC1. The minimum absolute atomic E-state index is 0.00563. The van der Waals surface area contributed by atoms with Gasteiger partial charge in [-0.2, -0.15) is 0 Å². The molecule has 0 bridgehead atoms. The van der Waals surface area contributed by atoms with Crippen LogP contribution in [0.2, 0.25) is 0 Å². The Kier molecular flexibility index (Phi) is 5.18. The van der Waals surface area contributed by atoms with E-state index < -0.39 is 0 Å². The maximum Gasteiger partial charge on any atom is 0.123 e. The predicted octanol–water partition coefficient (Wildman–Crippen LogP) is 7.34. The summed E-state index contributed by atoms with van der Waals surface area (Å²) in [7, 11) is 0. The van der Waals surface area contributed by atoms with Crippen LogP contribution in [-0.4, -0.2) is 0 Å². The third kappa shape index (κ3) is 3.67. The normalized spacial score (nSPS) is 15.6. The molecule has 0 radical (unpaired) electrons. The second-order valence-electron chi connectivity index (χ2n) is 8.11. The minimum atomic E-state index is -0.199. The van der Waals surface area contributed by atoms with Gasteiger partial charge in [-0.1, -0.05) is 63.7 Å². The average Bonchev–Trinajstić information content (AvgIpc) is 3.46. The van der Waals surface area contributed by atoms with E-state index in [4.69, 9.17) is 0 Å². The van der Waals surface area contributed by atoms with E-state index in [-0.39, 0.29) is 11.2 Å². The van der Waals surface area contributed by atoms with Crippen molar-refractivity contribution in [3.8, 4) is 0 Å². The average molecular weight is 349 g/mol. The highest BCUT2D eigenvalue weighted by molar-refractivity contribution is 5.86. The van der Waals surface area contributed by atoms with Crippen LogP contribution in [0.1, 0.15) is 56.7 Å². The molecule has 2 aromatic carbocycles. The molecule has 1 aliphatic rings. The number of rotatable bonds is 6. The lowest BCUT2D eigenvalue weighted by Gasteiger charge is -2.32. The first-order valence-electron chi connectivity index (χ1n) is 9.61. The zero-order valence-corrected chi connectivity index (χ0v) is 16.4. The van der Waals surface area contributed by atoms with Gasteiger partial charge in [0.25, 0.3) is 0 Å². The van der Waals surface area contributed by atoms with E-state index in [0.717, 1.165) is 12.0 Å². The van der Waals surface area contributed by atoms with E-state index in [1.165, 1.54) is 40.7 Å². The number of allylic oxidation sites excluding steroid dienone is 2. The predicted molar refractivity (Wildman–Crippen MR) is 110 cm³/mol. The smallest absolute Gasteiger partial charge is 0.123 e. The van der Waals surface area contributed by atoms with E-state index in [0.29, 0.717) is 5.92 Å². The summed E-state index contributed by atoms with van der Waals surface area (Å²) in [6.07, 6.45) is 3.49. The van der Waals surface area contributed by atoms with E-state index in [1.54, 1.807) is 12.1 Å². The molecule has 3 rings (SSSR count). The first kappa shape index (κ1) is 18.6. The Hall–Kier alpha value is -2.15. The monoisotopic (exact) mass is 348 g/mol. The molecule has 26 heavy (non-hydrogen) atoms. The first-order chi connectivity index (χ1) is 12.3. The molecule has 1 fully saturated rings. The van der Waals surface area contributed by atoms with Crippen molar-refractivity contribution in [1.29, 1.82) is 0 Å². The molecule has 1 saturated carbocycles. The standard InChI is InChI=1S/C25H29F/c1-6-25(4,5)24(18(3)19-11-12-19)23(20-13-15-21(26)16-14-20)22-10-8-7-9-17(22)2/h7-10,13-16,19H,3,6,11-12H2,1-2,4-5H3/b24-23+. The van der Waals surface area contributed by atoms with E-state index in [2.05, 4.69) is 58.5 Å². The lowest BCUT2D eigenvalue weighted by molar-refractivity contribution is 0.433. The molecule has 0 aromatic heterocycles. The zero-order valence-electron chi connectivity index (χ0n) is 16.4. The largest absolute Gasteiger partial charge is 0.207 e. The number of aryl methyl sites for hydroxylation is 1. The topological polar surface area (TPSA) is 0 Å². The lowest BCUT2D eigenvalue weighted by atomic mass is 9.72. The first-order valence-corrected chi connectivity index (χ1v) is 9.61. The van der Waals surface area contributed by atoms with Crippen molar-refractivity contribution in [2.75, 3.05) is 0 Å². The Morgan fingerprint density at radius 1 is 1.08 bits per heavy atom. The zero-order chi connectivity index (χ0) is 18.9. The fourth-order valence-electron chi connectivity index (χ4n) is 3.65. The second kappa shape index (κ2) is 7.23. The van der Waals surface area contributed by atoms with E-state index >= 15 is 0 Å². The van der Waals surface area contributed by atoms with Gasteiger partial charge in [0.05, 0.1) is 0 Å². The summed E-state index contributed by atoms with van der Waals surface area (Å²) < 4.78 is 13.6. The van der Waals surface area contributed by atoms with Crippen molar-refractivity contribution in [1.82, 2.24) is 0 Å². The van der Waals surface area contributed by atoms with Crippen LogP contribution < -0.4 is 0 Å². The highest BCUT2D eigenvalue weighted by atomic mass is 19.1. The molecule has 136 valence electrons. The van der Waals surface area contributed by atoms with Crippen molar-refractivity contribution >= 4 is 5.57 Å². The van der Waals surface area contributed by atoms with Gasteiger partial charge >= 0.3 is 0 Å². The third-order valence-corrected chi connectivity index (χ3v) is 5.75. The Bertz CT molecular complexity index is 833. The Morgan fingerprint density at radius 3 is 2.23 bits per heavy atom. The van der Waals surface area contributed by atoms with Crippen LogP contribution in [0.4, 0.5) is 4.39 Å². The third-order valence-electron chi connectivity index (χ3n) is 5.75. The molecular formula is C25H29F. The van der Waals surface area contributed by atoms with Crippen LogP contribution in [0.3, 0.4) is 0 Å². The highest BCUT2D eigenvalue weighted by Crippen LogP contribution is 2.49. The summed E-state index contributed by atoms with van der Waals surface area (Å²) >= 11 is 0. The molecule has 0 amide bonds. The van der Waals surface area contributed by atoms with Gasteiger partial charge in [0.1, 0.15) is 5.82 Å². The summed E-state index contributed by atoms with van der Waals surface area (Å²) in [6.45, 7) is 13.5. The van der Waals surface area contributed by atoms with Gasteiger partial charge in [-0.05, 0) is 83.1 Å². The molecule has 0 nitrogen and oxygen atoms in total. The molecular weight excluding hydrogens is 319 g/mol. The van der Waals surface area contributed by atoms with Crippen LogP contribution >= 0.6 is 0 Å². The quantitative estimate of drug-likeness (QED) is 0.479. The summed E-state index contributed by atoms with van der Waals surface area (Å²) in [6, 6.07) is 15.4. The van der Waals surface area contributed by atoms with Gasteiger partial charge in [-0.15, -0.1) is 0 Å². The highest BCUT2D eigenvalue weighted by Gasteiger charge is 2.35. The molecule has 0 heterocycles. The molecule has 0 atom stereocenters. The van der Waals surface area contributed by atoms with Crippen molar-refractivity contribution < 1.29 is 4.39 Å². The van der Waals surface area contributed by atoms with Crippen LogP contribution in [0, 0.1) is 24.1 Å². The molecule has 0 unspecified atom stereocenters. The molecule has 0 N–H and O–H groups in total. The van der Waals surface area contributed by atoms with E-state index in [1.807, 2.05) is 12.1 Å². The molecule has 1 heteroatoms. The molecule has 0 aliphatic heterocycles. The van der Waals surface area contributed by atoms with Crippen molar-refractivity contribution in [2.45, 2.75) is 47.0 Å². The number of benzene rings is 2. The molecule has 0 saturated heterocycles. The fourth-order valence-corrected chi connectivity index (χ4v) is 3.65. The summed E-state index contributed by atoms with van der Waals surface area (Å²) in [5, 5.41) is 0. The fraction of sp³-hybridized carbons (Fsp3) is 0.360. The van der Waals surface area contributed by atoms with Gasteiger partial charge in [-0.3, -0.25) is 0 Å². The molecule has 0 spiro atoms. The van der Waals surface area contributed by atoms with Crippen molar-refractivity contribution in [2.24, 2.45) is 11.3 Å². The van der Waals surface area contributed by atoms with E-state index in [9.17, 15) is 4.39 Å². The Morgan fingerprint density at radius 2 is 1.69 bits per heavy atom. The summed E-state index contributed by atoms with van der Waals surface area (Å²) in [5.41, 5.74) is 7.34. The van der Waals surface area contributed by atoms with Crippen LogP contribution in [-0.2, 0) is 0 Å². The van der Waals surface area contributed by atoms with Crippen molar-refractivity contribution in [3.63, 3.8) is 0 Å². The van der Waals surface area contributed by atoms with Gasteiger partial charge in [0.15, 0.2) is 0 Å². The number of halogens is 1. The van der Waals surface area contributed by atoms with Crippen LogP contribution in [0.25, 0.3) is 5.57 Å². The molecule has 1 aliphatic carbocycles. The van der Waals surface area contributed by atoms with Gasteiger partial charge in [0, 0.05) is 0 Å². The second-order valence-corrected chi connectivity index (χ2v) is 8.11. The minimum Gasteiger partial charge on any atom is -0.207 e. The maximum atomic E-state index is 13.6. The van der Waals surface area contributed by atoms with Gasteiger partial charge < -0.3 is 0 Å². The maximum absolute atomic E-state index is 13.6. The summed E-state index contributed by atoms with van der Waals surface area (Å²) in [4.78, 5) is 0. The lowest BCUT2D eigenvalue weighted by Crippen LogP contribution is -2.18. The van der Waals surface area contributed by atoms with Gasteiger partial charge in [0.2, 0.25) is 0 Å². The molecule has 2 aromatic rings. The number of hydrogen-bond acceptors (Lipinski definition) is 0. The summed E-state index contributed by atoms with van der Waals surface area (Å²) in [5.74, 6) is 0.394. The van der Waals surface area contributed by atoms with Gasteiger partial charge in [-0.25, -0.2) is 4.39 Å². The van der Waals surface area contributed by atoms with Crippen LogP contribution in [0.5, 0.6) is 0 Å². The number of hydrogen-bond donors (Lipinski definition) is 0. The van der Waals surface area contributed by atoms with Crippen molar-refractivity contribution in [3.05, 3.63) is 88.8 Å².